The molecule has 0 radical (unpaired) electrons. The number of fused-ring (bicyclic) bond motifs is 2. The summed E-state index contributed by atoms with van der Waals surface area (Å²) in [7, 11) is 0. The number of anilines is 2. The fourth-order valence-electron chi connectivity index (χ4n) is 3.95. The number of nitrogen functional groups attached to an aromatic ring is 1. The second kappa shape index (κ2) is 7.45. The predicted molar refractivity (Wildman–Crippen MR) is 122 cm³/mol. The van der Waals surface area contributed by atoms with E-state index in [1.54, 1.807) is 16.7 Å². The first-order chi connectivity index (χ1) is 15.4. The van der Waals surface area contributed by atoms with E-state index in [0.717, 1.165) is 5.56 Å². The van der Waals surface area contributed by atoms with Crippen molar-refractivity contribution in [1.29, 1.82) is 0 Å². The van der Waals surface area contributed by atoms with Crippen LogP contribution in [-0.4, -0.2) is 24.5 Å². The minimum absolute atomic E-state index is 0.0499. The van der Waals surface area contributed by atoms with Gasteiger partial charge in [0.2, 0.25) is 5.95 Å². The molecule has 2 aromatic carbocycles. The zero-order chi connectivity index (χ0) is 22.4. The van der Waals surface area contributed by atoms with Gasteiger partial charge in [0.25, 0.3) is 5.56 Å². The van der Waals surface area contributed by atoms with Gasteiger partial charge in [-0.1, -0.05) is 30.3 Å². The normalized spacial score (nSPS) is 12.3. The molecule has 0 amide bonds. The van der Waals surface area contributed by atoms with E-state index < -0.39 is 17.4 Å². The Morgan fingerprint density at radius 3 is 2.78 bits per heavy atom. The van der Waals surface area contributed by atoms with Gasteiger partial charge in [-0.3, -0.25) is 9.36 Å². The number of nitrogens with zero attached hydrogens (tertiary/aromatic N) is 4. The number of halogens is 1. The maximum Gasteiger partial charge on any atom is 0.266 e. The third-order valence-electron chi connectivity index (χ3n) is 5.48. The number of hydrogen-bond acceptors (Lipinski definition) is 6. The largest absolute Gasteiger partial charge is 0.368 e. The first kappa shape index (κ1) is 19.7. The Hall–Kier alpha value is -4.27. The van der Waals surface area contributed by atoms with Crippen molar-refractivity contribution < 1.29 is 4.39 Å². The lowest BCUT2D eigenvalue weighted by atomic mass is 10.1. The molecule has 0 aliphatic rings. The Kier molecular flexibility index (Phi) is 4.58. The standard InChI is InChI=1S/C23H20FN7O/c1-12-6-3-4-9-16(12)31-17(10-14-7-5-8-15(24)18(14)22(31)32)13(2)28-21-19-20(27-11-26-19)29-23(25)30-21/h3-11,13H,1-2H3,(H4,25,26,27,28,29,30). The molecule has 32 heavy (non-hydrogen) atoms. The number of imidazole rings is 1. The van der Waals surface area contributed by atoms with Crippen LogP contribution in [0.25, 0.3) is 27.6 Å². The molecule has 4 N–H and O–H groups in total. The van der Waals surface area contributed by atoms with Gasteiger partial charge >= 0.3 is 0 Å². The van der Waals surface area contributed by atoms with Gasteiger partial charge in [0.15, 0.2) is 11.5 Å². The topological polar surface area (TPSA) is 115 Å². The van der Waals surface area contributed by atoms with E-state index in [0.29, 0.717) is 33.7 Å². The Morgan fingerprint density at radius 1 is 1.16 bits per heavy atom. The molecule has 160 valence electrons. The molecule has 0 fully saturated rings. The summed E-state index contributed by atoms with van der Waals surface area (Å²) in [5.41, 5.74) is 8.67. The van der Waals surface area contributed by atoms with Crippen LogP contribution in [0, 0.1) is 12.7 Å². The van der Waals surface area contributed by atoms with Gasteiger partial charge in [-0.15, -0.1) is 0 Å². The van der Waals surface area contributed by atoms with Crippen molar-refractivity contribution >= 4 is 33.7 Å². The van der Waals surface area contributed by atoms with Crippen molar-refractivity contribution in [3.05, 3.63) is 82.3 Å². The molecule has 1 atom stereocenters. The molecule has 9 heteroatoms. The quantitative estimate of drug-likeness (QED) is 0.400. The SMILES string of the molecule is Cc1ccccc1-n1c(C(C)Nc2nc(N)nc3nc[nH]c23)cc2cccc(F)c2c1=O. The third kappa shape index (κ3) is 3.15. The summed E-state index contributed by atoms with van der Waals surface area (Å²) in [6, 6.07) is 13.5. The van der Waals surface area contributed by atoms with Crippen LogP contribution in [0.3, 0.4) is 0 Å². The van der Waals surface area contributed by atoms with Crippen LogP contribution in [0.1, 0.15) is 24.2 Å². The molecule has 8 nitrogen and oxygen atoms in total. The maximum atomic E-state index is 14.6. The molecule has 5 rings (SSSR count). The summed E-state index contributed by atoms with van der Waals surface area (Å²) in [5.74, 6) is -0.0125. The van der Waals surface area contributed by atoms with E-state index in [2.05, 4.69) is 25.3 Å². The van der Waals surface area contributed by atoms with Crippen LogP contribution in [0.2, 0.25) is 0 Å². The van der Waals surface area contributed by atoms with E-state index in [1.807, 2.05) is 44.2 Å². The van der Waals surface area contributed by atoms with Crippen molar-refractivity contribution in [1.82, 2.24) is 24.5 Å². The van der Waals surface area contributed by atoms with Crippen LogP contribution in [0.5, 0.6) is 0 Å². The van der Waals surface area contributed by atoms with E-state index >= 15 is 0 Å². The molecule has 0 aliphatic carbocycles. The number of pyridine rings is 1. The molecular formula is C23H20FN7O. The number of rotatable bonds is 4. The van der Waals surface area contributed by atoms with E-state index in [9.17, 15) is 9.18 Å². The van der Waals surface area contributed by atoms with Gasteiger partial charge < -0.3 is 16.0 Å². The summed E-state index contributed by atoms with van der Waals surface area (Å²) >= 11 is 0. The van der Waals surface area contributed by atoms with Crippen LogP contribution in [-0.2, 0) is 0 Å². The molecule has 1 unspecified atom stereocenters. The van der Waals surface area contributed by atoms with Crippen molar-refractivity contribution in [2.24, 2.45) is 0 Å². The van der Waals surface area contributed by atoms with Gasteiger partial charge in [0.1, 0.15) is 11.3 Å². The molecular weight excluding hydrogens is 409 g/mol. The first-order valence-corrected chi connectivity index (χ1v) is 10.1. The lowest BCUT2D eigenvalue weighted by Gasteiger charge is -2.22. The van der Waals surface area contributed by atoms with Crippen LogP contribution in [0.4, 0.5) is 16.2 Å². The minimum Gasteiger partial charge on any atom is -0.368 e. The highest BCUT2D eigenvalue weighted by Crippen LogP contribution is 2.27. The van der Waals surface area contributed by atoms with E-state index in [-0.39, 0.29) is 11.3 Å². The molecule has 0 bridgehead atoms. The van der Waals surface area contributed by atoms with Gasteiger partial charge in [-0.2, -0.15) is 9.97 Å². The van der Waals surface area contributed by atoms with Crippen LogP contribution in [0.15, 0.2) is 59.7 Å². The minimum atomic E-state index is -0.551. The van der Waals surface area contributed by atoms with Gasteiger partial charge in [0, 0.05) is 5.69 Å². The summed E-state index contributed by atoms with van der Waals surface area (Å²) in [5, 5.41) is 3.88. The number of aryl methyl sites for hydroxylation is 1. The maximum absolute atomic E-state index is 14.6. The number of hydrogen-bond donors (Lipinski definition) is 3. The zero-order valence-corrected chi connectivity index (χ0v) is 17.4. The Morgan fingerprint density at radius 2 is 1.97 bits per heavy atom. The van der Waals surface area contributed by atoms with E-state index in [1.165, 1.54) is 12.4 Å². The zero-order valence-electron chi connectivity index (χ0n) is 17.4. The van der Waals surface area contributed by atoms with Crippen LogP contribution >= 0.6 is 0 Å². The highest BCUT2D eigenvalue weighted by molar-refractivity contribution is 5.85. The lowest BCUT2D eigenvalue weighted by molar-refractivity contribution is 0.637. The van der Waals surface area contributed by atoms with Gasteiger partial charge in [-0.05, 0) is 43.0 Å². The number of aromatic nitrogens is 5. The van der Waals surface area contributed by atoms with Gasteiger partial charge in [-0.25, -0.2) is 9.37 Å². The number of nitrogens with two attached hydrogens (primary N) is 1. The number of nitrogens with one attached hydrogen (secondary N) is 2. The fourth-order valence-corrected chi connectivity index (χ4v) is 3.95. The summed E-state index contributed by atoms with van der Waals surface area (Å²) in [6.07, 6.45) is 1.51. The molecule has 0 saturated carbocycles. The molecule has 3 aromatic heterocycles. The van der Waals surface area contributed by atoms with Gasteiger partial charge in [0.05, 0.1) is 23.4 Å². The highest BCUT2D eigenvalue weighted by Gasteiger charge is 2.20. The molecule has 0 saturated heterocycles. The van der Waals surface area contributed by atoms with Crippen molar-refractivity contribution in [3.8, 4) is 5.69 Å². The smallest absolute Gasteiger partial charge is 0.266 e. The number of benzene rings is 2. The molecule has 3 heterocycles. The Balaban J connectivity index is 1.74. The number of H-pyrrole nitrogens is 1. The van der Waals surface area contributed by atoms with Crippen molar-refractivity contribution in [2.75, 3.05) is 11.1 Å². The van der Waals surface area contributed by atoms with Crippen molar-refractivity contribution in [2.45, 2.75) is 19.9 Å². The summed E-state index contributed by atoms with van der Waals surface area (Å²) in [4.78, 5) is 29.1. The number of para-hydroxylation sites is 1. The Bertz CT molecular complexity index is 1540. The predicted octanol–water partition coefficient (Wildman–Crippen LogP) is 3.86. The first-order valence-electron chi connectivity index (χ1n) is 10.1. The Labute approximate surface area is 182 Å². The average Bonchev–Trinajstić information content (AvgIpc) is 3.23. The monoisotopic (exact) mass is 429 g/mol. The summed E-state index contributed by atoms with van der Waals surface area (Å²) < 4.78 is 16.2. The molecule has 0 spiro atoms. The third-order valence-corrected chi connectivity index (χ3v) is 5.48. The number of aromatic amines is 1. The fraction of sp³-hybridized carbons (Fsp3) is 0.130. The van der Waals surface area contributed by atoms with Crippen molar-refractivity contribution in [3.63, 3.8) is 0 Å². The molecule has 0 aliphatic heterocycles. The second-order valence-electron chi connectivity index (χ2n) is 7.60. The van der Waals surface area contributed by atoms with E-state index in [4.69, 9.17) is 5.73 Å². The lowest BCUT2D eigenvalue weighted by Crippen LogP contribution is -2.27. The average molecular weight is 429 g/mol. The molecule has 5 aromatic rings. The second-order valence-corrected chi connectivity index (χ2v) is 7.60. The van der Waals surface area contributed by atoms with Crippen LogP contribution < -0.4 is 16.6 Å². The highest BCUT2D eigenvalue weighted by atomic mass is 19.1. The summed E-state index contributed by atoms with van der Waals surface area (Å²) in [6.45, 7) is 3.81.